The van der Waals surface area contributed by atoms with E-state index in [0.29, 0.717) is 18.9 Å². The van der Waals surface area contributed by atoms with Crippen molar-refractivity contribution < 1.29 is 9.53 Å². The third kappa shape index (κ3) is 7.26. The second-order valence-electron chi connectivity index (χ2n) is 5.12. The van der Waals surface area contributed by atoms with E-state index < -0.39 is 0 Å². The van der Waals surface area contributed by atoms with Crippen LogP contribution in [-0.4, -0.2) is 31.0 Å². The Morgan fingerprint density at radius 3 is 2.31 bits per heavy atom. The zero-order valence-electron chi connectivity index (χ0n) is 11.3. The van der Waals surface area contributed by atoms with Gasteiger partial charge in [-0.1, -0.05) is 13.8 Å². The quantitative estimate of drug-likeness (QED) is 0.455. The van der Waals surface area contributed by atoms with Gasteiger partial charge in [0, 0.05) is 11.5 Å². The number of nitrogens with one attached hydrogen (secondary N) is 1. The summed E-state index contributed by atoms with van der Waals surface area (Å²) in [6.45, 7) is 10.9. The molecule has 0 radical (unpaired) electrons. The number of carbonyl (C=O) groups is 1. The SMILES string of the molecule is COC(=O)CCN=C(NC(C)(C)C)C(C)C. The highest BCUT2D eigenvalue weighted by Gasteiger charge is 2.14. The molecule has 0 rings (SSSR count). The fourth-order valence-corrected chi connectivity index (χ4v) is 1.12. The van der Waals surface area contributed by atoms with Gasteiger partial charge in [0.2, 0.25) is 0 Å². The Morgan fingerprint density at radius 2 is 1.94 bits per heavy atom. The van der Waals surface area contributed by atoms with Gasteiger partial charge in [-0.15, -0.1) is 0 Å². The average Bonchev–Trinajstić information content (AvgIpc) is 2.13. The molecule has 0 aromatic heterocycles. The number of ether oxygens (including phenoxy) is 1. The van der Waals surface area contributed by atoms with Crippen LogP contribution in [0.4, 0.5) is 0 Å². The van der Waals surface area contributed by atoms with E-state index >= 15 is 0 Å². The maximum absolute atomic E-state index is 10.9. The first-order chi connectivity index (χ1) is 7.26. The number of amidine groups is 1. The Kier molecular flexibility index (Phi) is 6.08. The first-order valence-electron chi connectivity index (χ1n) is 5.65. The van der Waals surface area contributed by atoms with Gasteiger partial charge in [-0.3, -0.25) is 9.79 Å². The molecule has 0 atom stereocenters. The van der Waals surface area contributed by atoms with E-state index in [9.17, 15) is 4.79 Å². The lowest BCUT2D eigenvalue weighted by Gasteiger charge is -2.25. The molecule has 4 nitrogen and oxygen atoms in total. The van der Waals surface area contributed by atoms with Crippen molar-refractivity contribution in [1.82, 2.24) is 5.32 Å². The minimum absolute atomic E-state index is 0.00559. The van der Waals surface area contributed by atoms with Gasteiger partial charge in [0.1, 0.15) is 0 Å². The zero-order chi connectivity index (χ0) is 12.8. The van der Waals surface area contributed by atoms with Crippen LogP contribution in [0.25, 0.3) is 0 Å². The summed E-state index contributed by atoms with van der Waals surface area (Å²) in [6.07, 6.45) is 0.332. The van der Waals surface area contributed by atoms with Crippen molar-refractivity contribution in [1.29, 1.82) is 0 Å². The molecule has 0 aromatic carbocycles. The summed E-state index contributed by atoms with van der Waals surface area (Å²) >= 11 is 0. The number of aliphatic imine (C=N–C) groups is 1. The highest BCUT2D eigenvalue weighted by molar-refractivity contribution is 5.84. The average molecular weight is 228 g/mol. The second kappa shape index (κ2) is 6.51. The fourth-order valence-electron chi connectivity index (χ4n) is 1.12. The Bertz CT molecular complexity index is 252. The number of methoxy groups -OCH3 is 1. The summed E-state index contributed by atoms with van der Waals surface area (Å²) in [4.78, 5) is 15.3. The molecule has 16 heavy (non-hydrogen) atoms. The molecule has 0 unspecified atom stereocenters. The van der Waals surface area contributed by atoms with Crippen LogP contribution in [0.5, 0.6) is 0 Å². The van der Waals surface area contributed by atoms with Crippen molar-refractivity contribution in [3.8, 4) is 0 Å². The van der Waals surface area contributed by atoms with Gasteiger partial charge in [0.25, 0.3) is 0 Å². The van der Waals surface area contributed by atoms with Gasteiger partial charge in [0.05, 0.1) is 25.9 Å². The molecule has 0 saturated heterocycles. The molecule has 0 saturated carbocycles. The number of nitrogens with zero attached hydrogens (tertiary/aromatic N) is 1. The molecule has 4 heteroatoms. The van der Waals surface area contributed by atoms with Crippen LogP contribution in [0.1, 0.15) is 41.0 Å². The first kappa shape index (κ1) is 14.9. The van der Waals surface area contributed by atoms with Crippen molar-refractivity contribution >= 4 is 11.8 Å². The molecule has 94 valence electrons. The molecule has 0 aliphatic carbocycles. The van der Waals surface area contributed by atoms with E-state index in [1.807, 2.05) is 0 Å². The fraction of sp³-hybridized carbons (Fsp3) is 0.833. The summed E-state index contributed by atoms with van der Waals surface area (Å²) in [5.41, 5.74) is -0.00559. The Labute approximate surface area is 98.5 Å². The van der Waals surface area contributed by atoms with Crippen LogP contribution in [0, 0.1) is 5.92 Å². The molecule has 0 heterocycles. The van der Waals surface area contributed by atoms with Gasteiger partial charge in [0.15, 0.2) is 0 Å². The molecule has 0 aliphatic heterocycles. The van der Waals surface area contributed by atoms with Gasteiger partial charge >= 0.3 is 5.97 Å². The third-order valence-electron chi connectivity index (χ3n) is 1.88. The molecular formula is C12H24N2O2. The summed E-state index contributed by atoms with van der Waals surface area (Å²) < 4.78 is 4.56. The predicted octanol–water partition coefficient (Wildman–Crippen LogP) is 1.99. The molecule has 0 amide bonds. The van der Waals surface area contributed by atoms with Crippen LogP contribution in [0.2, 0.25) is 0 Å². The number of rotatable bonds is 4. The Balaban J connectivity index is 4.31. The second-order valence-corrected chi connectivity index (χ2v) is 5.12. The minimum Gasteiger partial charge on any atom is -0.469 e. The van der Waals surface area contributed by atoms with Gasteiger partial charge in [-0.2, -0.15) is 0 Å². The van der Waals surface area contributed by atoms with Crippen LogP contribution in [-0.2, 0) is 9.53 Å². The van der Waals surface area contributed by atoms with Gasteiger partial charge in [-0.25, -0.2) is 0 Å². The van der Waals surface area contributed by atoms with Gasteiger partial charge < -0.3 is 10.1 Å². The van der Waals surface area contributed by atoms with Crippen LogP contribution >= 0.6 is 0 Å². The zero-order valence-corrected chi connectivity index (χ0v) is 11.3. The molecule has 0 aliphatic rings. The smallest absolute Gasteiger partial charge is 0.307 e. The molecule has 0 spiro atoms. The highest BCUT2D eigenvalue weighted by Crippen LogP contribution is 2.04. The number of esters is 1. The summed E-state index contributed by atoms with van der Waals surface area (Å²) in [7, 11) is 1.39. The van der Waals surface area contributed by atoms with Crippen LogP contribution in [0.3, 0.4) is 0 Å². The first-order valence-corrected chi connectivity index (χ1v) is 5.65. The number of hydrogen-bond donors (Lipinski definition) is 1. The maximum atomic E-state index is 10.9. The topological polar surface area (TPSA) is 50.7 Å². The largest absolute Gasteiger partial charge is 0.469 e. The number of hydrogen-bond acceptors (Lipinski definition) is 3. The van der Waals surface area contributed by atoms with E-state index in [2.05, 4.69) is 49.7 Å². The van der Waals surface area contributed by atoms with Crippen molar-refractivity contribution in [2.75, 3.05) is 13.7 Å². The van der Waals surface area contributed by atoms with Gasteiger partial charge in [-0.05, 0) is 20.8 Å². The van der Waals surface area contributed by atoms with Crippen molar-refractivity contribution in [3.05, 3.63) is 0 Å². The molecule has 1 N–H and O–H groups in total. The molecule has 0 bridgehead atoms. The van der Waals surface area contributed by atoms with E-state index in [0.717, 1.165) is 5.84 Å². The molecular weight excluding hydrogens is 204 g/mol. The third-order valence-corrected chi connectivity index (χ3v) is 1.88. The number of carbonyl (C=O) groups excluding carboxylic acids is 1. The lowest BCUT2D eigenvalue weighted by Crippen LogP contribution is -2.43. The van der Waals surface area contributed by atoms with E-state index in [4.69, 9.17) is 0 Å². The van der Waals surface area contributed by atoms with E-state index in [-0.39, 0.29) is 11.5 Å². The van der Waals surface area contributed by atoms with Crippen molar-refractivity contribution in [2.24, 2.45) is 10.9 Å². The summed E-state index contributed by atoms with van der Waals surface area (Å²) in [5.74, 6) is 1.05. The highest BCUT2D eigenvalue weighted by atomic mass is 16.5. The Morgan fingerprint density at radius 1 is 1.38 bits per heavy atom. The Hall–Kier alpha value is -1.06. The van der Waals surface area contributed by atoms with E-state index in [1.165, 1.54) is 7.11 Å². The normalized spacial score (nSPS) is 12.8. The molecule has 0 aromatic rings. The monoisotopic (exact) mass is 228 g/mol. The van der Waals surface area contributed by atoms with Crippen LogP contribution < -0.4 is 5.32 Å². The summed E-state index contributed by atoms with van der Waals surface area (Å²) in [6, 6.07) is 0. The van der Waals surface area contributed by atoms with Crippen molar-refractivity contribution in [2.45, 2.75) is 46.6 Å². The summed E-state index contributed by atoms with van der Waals surface area (Å²) in [5, 5.41) is 3.35. The lowest BCUT2D eigenvalue weighted by atomic mass is 10.1. The van der Waals surface area contributed by atoms with Crippen LogP contribution in [0.15, 0.2) is 4.99 Å². The molecule has 0 fully saturated rings. The predicted molar refractivity (Wildman–Crippen MR) is 66.7 cm³/mol. The standard InChI is InChI=1S/C12H24N2O2/c1-9(2)11(14-12(3,4)5)13-8-7-10(15)16-6/h9H,7-8H2,1-6H3,(H,13,14). The minimum atomic E-state index is -0.220. The maximum Gasteiger partial charge on any atom is 0.307 e. The van der Waals surface area contributed by atoms with Crippen molar-refractivity contribution in [3.63, 3.8) is 0 Å². The lowest BCUT2D eigenvalue weighted by molar-refractivity contribution is -0.140. The van der Waals surface area contributed by atoms with E-state index in [1.54, 1.807) is 0 Å².